The van der Waals surface area contributed by atoms with Crippen LogP contribution in [0.3, 0.4) is 0 Å². The summed E-state index contributed by atoms with van der Waals surface area (Å²) in [6, 6.07) is 0.217. The summed E-state index contributed by atoms with van der Waals surface area (Å²) < 4.78 is 27.5. The summed E-state index contributed by atoms with van der Waals surface area (Å²) in [6.07, 6.45) is 4.83. The number of sulfone groups is 1. The molecule has 0 aromatic carbocycles. The molecule has 120 valence electrons. The van der Waals surface area contributed by atoms with Crippen LogP contribution in [0.2, 0.25) is 0 Å². The minimum Gasteiger partial charge on any atom is -0.455 e. The van der Waals surface area contributed by atoms with Crippen molar-refractivity contribution in [2.45, 2.75) is 43.4 Å². The number of hydrogen-bond acceptors (Lipinski definition) is 6. The average Bonchev–Trinajstić information content (AvgIpc) is 3.03. The fraction of sp³-hybridized carbons (Fsp3) is 0.846. The second-order valence-electron chi connectivity index (χ2n) is 5.55. The Balaban J connectivity index is 1.58. The predicted molar refractivity (Wildman–Crippen MR) is 80.9 cm³/mol. The van der Waals surface area contributed by atoms with E-state index in [1.165, 1.54) is 11.8 Å². The zero-order valence-electron chi connectivity index (χ0n) is 11.9. The SMILES string of the molecule is O=C(COC(=O)CS[C@@H]1CCS(=O)(=O)C1)NC1CCCC1. The van der Waals surface area contributed by atoms with E-state index in [1.807, 2.05) is 0 Å². The molecule has 21 heavy (non-hydrogen) atoms. The van der Waals surface area contributed by atoms with Crippen LogP contribution in [0.1, 0.15) is 32.1 Å². The van der Waals surface area contributed by atoms with E-state index in [0.717, 1.165) is 25.7 Å². The third-order valence-corrected chi connectivity index (χ3v) is 6.97. The second-order valence-corrected chi connectivity index (χ2v) is 9.06. The van der Waals surface area contributed by atoms with Gasteiger partial charge in [-0.1, -0.05) is 12.8 Å². The van der Waals surface area contributed by atoms with Gasteiger partial charge in [0.1, 0.15) is 0 Å². The zero-order valence-corrected chi connectivity index (χ0v) is 13.5. The first kappa shape index (κ1) is 16.6. The molecule has 0 unspecified atom stereocenters. The Kier molecular flexibility index (Phi) is 5.92. The number of ether oxygens (including phenoxy) is 1. The van der Waals surface area contributed by atoms with Crippen LogP contribution >= 0.6 is 11.8 Å². The maximum atomic E-state index is 11.6. The van der Waals surface area contributed by atoms with E-state index in [4.69, 9.17) is 4.74 Å². The van der Waals surface area contributed by atoms with Crippen molar-refractivity contribution in [1.29, 1.82) is 0 Å². The number of carbonyl (C=O) groups excluding carboxylic acids is 2. The molecular formula is C13H21NO5S2. The normalized spacial score (nSPS) is 24.9. The number of thioether (sulfide) groups is 1. The minimum atomic E-state index is -2.92. The largest absolute Gasteiger partial charge is 0.455 e. The van der Waals surface area contributed by atoms with Crippen LogP contribution in [0.4, 0.5) is 0 Å². The summed E-state index contributed by atoms with van der Waals surface area (Å²) in [4.78, 5) is 23.1. The van der Waals surface area contributed by atoms with Gasteiger partial charge in [-0.25, -0.2) is 8.42 Å². The van der Waals surface area contributed by atoms with Crippen molar-refractivity contribution in [3.63, 3.8) is 0 Å². The van der Waals surface area contributed by atoms with Gasteiger partial charge in [0, 0.05) is 11.3 Å². The van der Waals surface area contributed by atoms with Crippen molar-refractivity contribution in [3.05, 3.63) is 0 Å². The van der Waals surface area contributed by atoms with E-state index in [-0.39, 0.29) is 41.1 Å². The summed E-state index contributed by atoms with van der Waals surface area (Å²) in [7, 11) is -2.92. The Morgan fingerprint density at radius 2 is 1.90 bits per heavy atom. The highest BCUT2D eigenvalue weighted by Gasteiger charge is 2.28. The van der Waals surface area contributed by atoms with Crippen LogP contribution in [0, 0.1) is 0 Å². The van der Waals surface area contributed by atoms with Gasteiger partial charge in [0.05, 0.1) is 17.3 Å². The Morgan fingerprint density at radius 1 is 1.19 bits per heavy atom. The lowest BCUT2D eigenvalue weighted by Gasteiger charge is -2.12. The topological polar surface area (TPSA) is 89.5 Å². The molecule has 1 amide bonds. The quantitative estimate of drug-likeness (QED) is 0.711. The number of esters is 1. The number of carbonyl (C=O) groups is 2. The van der Waals surface area contributed by atoms with Gasteiger partial charge < -0.3 is 10.1 Å². The third-order valence-electron chi connectivity index (χ3n) is 3.71. The lowest BCUT2D eigenvalue weighted by Crippen LogP contribution is -2.36. The highest BCUT2D eigenvalue weighted by molar-refractivity contribution is 8.02. The van der Waals surface area contributed by atoms with E-state index in [9.17, 15) is 18.0 Å². The highest BCUT2D eigenvalue weighted by atomic mass is 32.2. The summed E-state index contributed by atoms with van der Waals surface area (Å²) in [5, 5.41) is 2.81. The van der Waals surface area contributed by atoms with E-state index in [2.05, 4.69) is 5.32 Å². The molecule has 0 aromatic heterocycles. The number of rotatable bonds is 6. The van der Waals surface area contributed by atoms with Crippen LogP contribution in [0.15, 0.2) is 0 Å². The van der Waals surface area contributed by atoms with Crippen molar-refractivity contribution >= 4 is 33.5 Å². The lowest BCUT2D eigenvalue weighted by molar-refractivity contribution is -0.146. The molecule has 2 fully saturated rings. The molecule has 8 heteroatoms. The summed E-state index contributed by atoms with van der Waals surface area (Å²) >= 11 is 1.29. The molecule has 1 heterocycles. The van der Waals surface area contributed by atoms with Crippen molar-refractivity contribution < 1.29 is 22.7 Å². The van der Waals surface area contributed by atoms with Gasteiger partial charge >= 0.3 is 5.97 Å². The van der Waals surface area contributed by atoms with Crippen LogP contribution < -0.4 is 5.32 Å². The lowest BCUT2D eigenvalue weighted by atomic mass is 10.2. The van der Waals surface area contributed by atoms with E-state index in [0.29, 0.717) is 6.42 Å². The monoisotopic (exact) mass is 335 g/mol. The number of hydrogen-bond donors (Lipinski definition) is 1. The third kappa shape index (κ3) is 5.86. The van der Waals surface area contributed by atoms with Crippen LogP contribution in [-0.4, -0.2) is 55.5 Å². The smallest absolute Gasteiger partial charge is 0.316 e. The van der Waals surface area contributed by atoms with Gasteiger partial charge in [-0.2, -0.15) is 0 Å². The molecule has 1 N–H and O–H groups in total. The van der Waals surface area contributed by atoms with Crippen LogP contribution in [0.5, 0.6) is 0 Å². The van der Waals surface area contributed by atoms with Crippen molar-refractivity contribution in [2.75, 3.05) is 23.9 Å². The minimum absolute atomic E-state index is 0.0325. The number of nitrogens with one attached hydrogen (secondary N) is 1. The van der Waals surface area contributed by atoms with E-state index < -0.39 is 15.8 Å². The van der Waals surface area contributed by atoms with Gasteiger partial charge in [0.2, 0.25) is 0 Å². The van der Waals surface area contributed by atoms with Crippen molar-refractivity contribution in [1.82, 2.24) is 5.32 Å². The first-order chi connectivity index (χ1) is 9.94. The number of amides is 1. The first-order valence-electron chi connectivity index (χ1n) is 7.21. The molecule has 1 saturated heterocycles. The molecule has 1 atom stereocenters. The molecule has 0 spiro atoms. The maximum absolute atomic E-state index is 11.6. The van der Waals surface area contributed by atoms with Crippen LogP contribution in [-0.2, 0) is 24.2 Å². The van der Waals surface area contributed by atoms with Gasteiger partial charge in [0.15, 0.2) is 16.4 Å². The Bertz CT molecular complexity index is 485. The first-order valence-corrected chi connectivity index (χ1v) is 10.1. The molecule has 2 aliphatic rings. The second kappa shape index (κ2) is 7.49. The zero-order chi connectivity index (χ0) is 15.3. The average molecular weight is 335 g/mol. The molecular weight excluding hydrogens is 314 g/mol. The Morgan fingerprint density at radius 3 is 2.52 bits per heavy atom. The molecule has 1 aliphatic heterocycles. The molecule has 2 rings (SSSR count). The maximum Gasteiger partial charge on any atom is 0.316 e. The fourth-order valence-corrected chi connectivity index (χ4v) is 6.04. The van der Waals surface area contributed by atoms with Gasteiger partial charge in [-0.3, -0.25) is 9.59 Å². The van der Waals surface area contributed by atoms with Gasteiger partial charge in [-0.05, 0) is 19.3 Å². The van der Waals surface area contributed by atoms with Crippen molar-refractivity contribution in [3.8, 4) is 0 Å². The fourth-order valence-electron chi connectivity index (χ4n) is 2.61. The molecule has 6 nitrogen and oxygen atoms in total. The Labute approximate surface area is 129 Å². The molecule has 1 saturated carbocycles. The summed E-state index contributed by atoms with van der Waals surface area (Å²) in [6.45, 7) is -0.251. The Hall–Kier alpha value is -0.760. The molecule has 0 bridgehead atoms. The highest BCUT2D eigenvalue weighted by Crippen LogP contribution is 2.24. The van der Waals surface area contributed by atoms with Gasteiger partial charge in [-0.15, -0.1) is 11.8 Å². The van der Waals surface area contributed by atoms with Crippen molar-refractivity contribution in [2.24, 2.45) is 0 Å². The summed E-state index contributed by atoms with van der Waals surface area (Å²) in [5.74, 6) is -0.303. The van der Waals surface area contributed by atoms with E-state index in [1.54, 1.807) is 0 Å². The van der Waals surface area contributed by atoms with E-state index >= 15 is 0 Å². The van der Waals surface area contributed by atoms with Crippen LogP contribution in [0.25, 0.3) is 0 Å². The predicted octanol–water partition coefficient (Wildman–Crippen LogP) is 0.509. The standard InChI is InChI=1S/C13H21NO5S2/c15-12(14-10-3-1-2-4-10)7-19-13(16)8-20-11-5-6-21(17,18)9-11/h10-11H,1-9H2,(H,14,15)/t11-/m1/s1. The molecule has 0 aromatic rings. The molecule has 1 aliphatic carbocycles. The van der Waals surface area contributed by atoms with Gasteiger partial charge in [0.25, 0.3) is 5.91 Å². The molecule has 0 radical (unpaired) electrons. The summed E-state index contributed by atoms with van der Waals surface area (Å²) in [5.41, 5.74) is 0.